The van der Waals surface area contributed by atoms with Crippen LogP contribution in [0, 0.1) is 52.3 Å². The highest BCUT2D eigenvalue weighted by Crippen LogP contribution is 2.69. The van der Waals surface area contributed by atoms with Gasteiger partial charge in [-0.2, -0.15) is 0 Å². The van der Waals surface area contributed by atoms with Crippen molar-refractivity contribution in [1.29, 1.82) is 0 Å². The molecule has 244 valence electrons. The summed E-state index contributed by atoms with van der Waals surface area (Å²) in [6.07, 6.45) is 11.7. The Kier molecular flexibility index (Phi) is 8.59. The minimum Gasteiger partial charge on any atom is -0.449 e. The fourth-order valence-corrected chi connectivity index (χ4v) is 11.5. The molecule has 0 saturated heterocycles. The van der Waals surface area contributed by atoms with Crippen LogP contribution >= 0.6 is 0 Å². The van der Waals surface area contributed by atoms with Gasteiger partial charge >= 0.3 is 6.09 Å². The Morgan fingerprint density at radius 2 is 1.84 bits per heavy atom. The first-order valence-electron chi connectivity index (χ1n) is 16.8. The Morgan fingerprint density at radius 1 is 1.09 bits per heavy atom. The van der Waals surface area contributed by atoms with Crippen molar-refractivity contribution in [3.63, 3.8) is 0 Å². The highest BCUT2D eigenvalue weighted by molar-refractivity contribution is 7.90. The quantitative estimate of drug-likeness (QED) is 0.369. The Balaban J connectivity index is 1.07. The molecule has 9 nitrogen and oxygen atoms in total. The SMILES string of the molecule is C[C@H](COC(=O)NS(=O)(=O)c1ccc(N2CC=CCC2)nc1)C1CC[C@H]2[C@@H]3[C@H](O)[C@H](C)C4C[C@H](O)CCC4(C)[C@H]3CCC12C. The van der Waals surface area contributed by atoms with Gasteiger partial charge in [0, 0.05) is 19.3 Å². The van der Waals surface area contributed by atoms with Crippen LogP contribution in [0.2, 0.25) is 0 Å². The lowest BCUT2D eigenvalue weighted by atomic mass is 9.42. The molecule has 3 N–H and O–H groups in total. The maximum atomic E-state index is 12.9. The number of rotatable bonds is 6. The van der Waals surface area contributed by atoms with Gasteiger partial charge in [-0.25, -0.2) is 22.9 Å². The molecule has 0 aromatic carbocycles. The summed E-state index contributed by atoms with van der Waals surface area (Å²) in [7, 11) is -4.11. The van der Waals surface area contributed by atoms with Gasteiger partial charge in [0.25, 0.3) is 10.0 Å². The summed E-state index contributed by atoms with van der Waals surface area (Å²) < 4.78 is 33.4. The molecule has 10 heteroatoms. The van der Waals surface area contributed by atoms with E-state index in [0.29, 0.717) is 29.5 Å². The summed E-state index contributed by atoms with van der Waals surface area (Å²) in [6.45, 7) is 10.8. The van der Waals surface area contributed by atoms with Crippen LogP contribution < -0.4 is 9.62 Å². The fraction of sp³-hybridized carbons (Fsp3) is 0.765. The number of fused-ring (bicyclic) bond motifs is 5. The maximum absolute atomic E-state index is 12.9. The number of pyridine rings is 1. The molecule has 0 radical (unpaired) electrons. The van der Waals surface area contributed by atoms with Crippen LogP contribution in [-0.2, 0) is 14.8 Å². The predicted octanol–water partition coefficient (Wildman–Crippen LogP) is 5.14. The van der Waals surface area contributed by atoms with Crippen molar-refractivity contribution in [3.05, 3.63) is 30.5 Å². The van der Waals surface area contributed by atoms with E-state index in [2.05, 4.69) is 54.5 Å². The van der Waals surface area contributed by atoms with Crippen molar-refractivity contribution in [2.45, 2.75) is 96.2 Å². The largest absolute Gasteiger partial charge is 0.449 e. The number of carbonyl (C=O) groups excluding carboxylic acids is 1. The van der Waals surface area contributed by atoms with Crippen LogP contribution in [0.5, 0.6) is 0 Å². The molecule has 0 spiro atoms. The first kappa shape index (κ1) is 31.8. The van der Waals surface area contributed by atoms with Crippen molar-refractivity contribution in [2.24, 2.45) is 52.3 Å². The topological polar surface area (TPSA) is 129 Å². The number of aliphatic hydroxyl groups excluding tert-OH is 2. The average molecular weight is 630 g/mol. The number of amides is 1. The molecular formula is C34H51N3O6S. The highest BCUT2D eigenvalue weighted by Gasteiger charge is 2.64. The molecule has 6 rings (SSSR count). The summed E-state index contributed by atoms with van der Waals surface area (Å²) in [5, 5.41) is 22.2. The van der Waals surface area contributed by atoms with E-state index in [1.54, 1.807) is 6.07 Å². The minimum atomic E-state index is -4.11. The standard InChI is InChI=1S/C34H51N3O6S/c1-21(20-43-32(40)36-44(41,42)24-8-11-29(35-19-24)37-16-6-5-7-17-37)25-9-10-26-30-27(13-15-33(25,26)3)34(4)14-12-23(38)18-28(34)22(2)31(30)39/h5-6,8,11,19,21-23,25-28,30-31,38-39H,7,9-10,12-18,20H2,1-4H3,(H,36,40)/t21-,22-,23-,25?,26+,27+,28?,30+,31-,33?,34?/m1/s1. The van der Waals surface area contributed by atoms with Crippen LogP contribution in [0.1, 0.15) is 79.1 Å². The number of aromatic nitrogens is 1. The Bertz CT molecular complexity index is 1350. The van der Waals surface area contributed by atoms with E-state index >= 15 is 0 Å². The van der Waals surface area contributed by atoms with Crippen molar-refractivity contribution in [1.82, 2.24) is 9.71 Å². The van der Waals surface area contributed by atoms with Gasteiger partial charge in [0.15, 0.2) is 0 Å². The first-order chi connectivity index (χ1) is 20.8. The smallest absolute Gasteiger partial charge is 0.421 e. The number of hydrogen-bond donors (Lipinski definition) is 3. The molecule has 4 aliphatic carbocycles. The molecule has 1 amide bonds. The zero-order valence-electron chi connectivity index (χ0n) is 26.7. The van der Waals surface area contributed by atoms with E-state index in [-0.39, 0.29) is 52.3 Å². The molecule has 1 aromatic rings. The molecule has 1 aliphatic heterocycles. The van der Waals surface area contributed by atoms with E-state index in [4.69, 9.17) is 4.74 Å². The third kappa shape index (κ3) is 5.46. The van der Waals surface area contributed by atoms with Crippen LogP contribution in [0.15, 0.2) is 35.4 Å². The number of sulfonamides is 1. The van der Waals surface area contributed by atoms with E-state index in [9.17, 15) is 23.4 Å². The van der Waals surface area contributed by atoms with Gasteiger partial charge in [0.2, 0.25) is 0 Å². The molecule has 4 saturated carbocycles. The summed E-state index contributed by atoms with van der Waals surface area (Å²) in [4.78, 5) is 19.0. The van der Waals surface area contributed by atoms with Gasteiger partial charge < -0.3 is 19.8 Å². The van der Waals surface area contributed by atoms with Gasteiger partial charge in [0.1, 0.15) is 10.7 Å². The van der Waals surface area contributed by atoms with Gasteiger partial charge in [-0.15, -0.1) is 0 Å². The van der Waals surface area contributed by atoms with Gasteiger partial charge in [0.05, 0.1) is 18.8 Å². The van der Waals surface area contributed by atoms with E-state index in [1.807, 2.05) is 0 Å². The lowest BCUT2D eigenvalue weighted by Crippen LogP contribution is -2.61. The lowest BCUT2D eigenvalue weighted by molar-refractivity contribution is -0.199. The van der Waals surface area contributed by atoms with Crippen molar-refractivity contribution >= 4 is 21.9 Å². The third-order valence-electron chi connectivity index (χ3n) is 13.0. The lowest BCUT2D eigenvalue weighted by Gasteiger charge is -2.64. The summed E-state index contributed by atoms with van der Waals surface area (Å²) in [5.74, 6) is 2.71. The molecule has 4 fully saturated rings. The predicted molar refractivity (Wildman–Crippen MR) is 168 cm³/mol. The summed E-state index contributed by atoms with van der Waals surface area (Å²) in [6, 6.07) is 3.13. The number of ether oxygens (including phenoxy) is 1. The first-order valence-corrected chi connectivity index (χ1v) is 18.2. The Labute approximate surface area is 262 Å². The van der Waals surface area contributed by atoms with Gasteiger partial charge in [-0.3, -0.25) is 0 Å². The second-order valence-electron chi connectivity index (χ2n) is 15.1. The Hall–Kier alpha value is -2.17. The van der Waals surface area contributed by atoms with Crippen molar-refractivity contribution < 1.29 is 28.2 Å². The molecule has 5 aliphatic rings. The molecule has 4 unspecified atom stereocenters. The van der Waals surface area contributed by atoms with E-state index < -0.39 is 16.1 Å². The number of carbonyl (C=O) groups is 1. The number of nitrogens with zero attached hydrogens (tertiary/aromatic N) is 2. The normalized spacial score (nSPS) is 40.8. The molecule has 44 heavy (non-hydrogen) atoms. The van der Waals surface area contributed by atoms with Crippen LogP contribution in [0.4, 0.5) is 10.6 Å². The van der Waals surface area contributed by atoms with Crippen LogP contribution in [0.3, 0.4) is 0 Å². The zero-order valence-corrected chi connectivity index (χ0v) is 27.5. The highest BCUT2D eigenvalue weighted by atomic mass is 32.2. The van der Waals surface area contributed by atoms with Gasteiger partial charge in [-0.05, 0) is 116 Å². The number of nitrogens with one attached hydrogen (secondary N) is 1. The second-order valence-corrected chi connectivity index (χ2v) is 16.8. The number of aliphatic hydroxyl groups is 2. The molecular weight excluding hydrogens is 578 g/mol. The number of anilines is 1. The maximum Gasteiger partial charge on any atom is 0.421 e. The van der Waals surface area contributed by atoms with Crippen molar-refractivity contribution in [2.75, 3.05) is 24.6 Å². The third-order valence-corrected chi connectivity index (χ3v) is 14.3. The van der Waals surface area contributed by atoms with Crippen molar-refractivity contribution in [3.8, 4) is 0 Å². The van der Waals surface area contributed by atoms with Crippen LogP contribution in [0.25, 0.3) is 0 Å². The average Bonchev–Trinajstić information content (AvgIpc) is 3.37. The van der Waals surface area contributed by atoms with E-state index in [0.717, 1.165) is 64.5 Å². The summed E-state index contributed by atoms with van der Waals surface area (Å²) in [5.41, 5.74) is 0.184. The van der Waals surface area contributed by atoms with Gasteiger partial charge in [-0.1, -0.05) is 39.8 Å². The molecule has 2 heterocycles. The fourth-order valence-electron chi connectivity index (χ4n) is 10.7. The zero-order chi connectivity index (χ0) is 31.4. The minimum absolute atomic E-state index is 0.0299. The molecule has 1 aromatic heterocycles. The second kappa shape index (κ2) is 11.9. The Morgan fingerprint density at radius 3 is 2.55 bits per heavy atom. The molecule has 11 atom stereocenters. The summed E-state index contributed by atoms with van der Waals surface area (Å²) >= 11 is 0. The molecule has 0 bridgehead atoms. The monoisotopic (exact) mass is 629 g/mol. The van der Waals surface area contributed by atoms with Crippen LogP contribution in [-0.4, -0.2) is 61.6 Å². The van der Waals surface area contributed by atoms with E-state index in [1.165, 1.54) is 12.3 Å². The number of hydrogen-bond acceptors (Lipinski definition) is 8.